The minimum Gasteiger partial charge on any atom is -0.506 e. The topological polar surface area (TPSA) is 87.2 Å². The molecule has 0 spiro atoms. The van der Waals surface area contributed by atoms with Gasteiger partial charge in [0.15, 0.2) is 0 Å². The Bertz CT molecular complexity index is 958. The molecule has 0 bridgehead atoms. The van der Waals surface area contributed by atoms with E-state index in [1.165, 1.54) is 40.5 Å². The maximum absolute atomic E-state index is 12.9. The lowest BCUT2D eigenvalue weighted by atomic mass is 10.2. The van der Waals surface area contributed by atoms with Gasteiger partial charge in [0, 0.05) is 20.1 Å². The molecular weight excluding hydrogens is 392 g/mol. The minimum absolute atomic E-state index is 0.0113. The number of hydrogen-bond acceptors (Lipinski definition) is 5. The number of amides is 1. The van der Waals surface area contributed by atoms with E-state index < -0.39 is 15.9 Å². The van der Waals surface area contributed by atoms with Gasteiger partial charge < -0.3 is 14.7 Å². The second-order valence-corrected chi connectivity index (χ2v) is 8.36. The molecule has 1 N–H and O–H groups in total. The number of aromatic hydroxyl groups is 1. The lowest BCUT2D eigenvalue weighted by Gasteiger charge is -2.26. The van der Waals surface area contributed by atoms with Gasteiger partial charge in [0.2, 0.25) is 10.0 Å². The quantitative estimate of drug-likeness (QED) is 0.835. The average Bonchev–Trinajstić information content (AvgIpc) is 2.68. The third-order valence-electron chi connectivity index (χ3n) is 4.32. The number of morpholine rings is 1. The molecule has 1 fully saturated rings. The first kappa shape index (κ1) is 19.6. The van der Waals surface area contributed by atoms with Gasteiger partial charge in [-0.05, 0) is 30.3 Å². The van der Waals surface area contributed by atoms with E-state index in [2.05, 4.69) is 0 Å². The Kier molecular flexibility index (Phi) is 5.71. The molecule has 0 saturated carbocycles. The largest absolute Gasteiger partial charge is 0.506 e. The summed E-state index contributed by atoms with van der Waals surface area (Å²) >= 11 is 6.16. The Morgan fingerprint density at radius 1 is 1.19 bits per heavy atom. The zero-order chi connectivity index (χ0) is 19.6. The van der Waals surface area contributed by atoms with Crippen LogP contribution in [-0.4, -0.2) is 57.1 Å². The Hall–Kier alpha value is -2.13. The van der Waals surface area contributed by atoms with Crippen molar-refractivity contribution in [2.75, 3.05) is 38.3 Å². The fourth-order valence-corrected chi connectivity index (χ4v) is 4.44. The maximum Gasteiger partial charge on any atom is 0.259 e. The monoisotopic (exact) mass is 410 g/mol. The Labute approximate surface area is 162 Å². The highest BCUT2D eigenvalue weighted by molar-refractivity contribution is 7.89. The van der Waals surface area contributed by atoms with Crippen LogP contribution in [0.1, 0.15) is 10.4 Å². The number of anilines is 1. The molecule has 0 aliphatic carbocycles. The molecule has 0 aromatic heterocycles. The molecular formula is C18H19ClN2O5S. The molecule has 144 valence electrons. The molecule has 1 amide bonds. The Balaban J connectivity index is 1.96. The lowest BCUT2D eigenvalue weighted by molar-refractivity contribution is 0.0730. The third kappa shape index (κ3) is 3.93. The number of nitrogens with zero attached hydrogens (tertiary/aromatic N) is 2. The summed E-state index contributed by atoms with van der Waals surface area (Å²) in [6.45, 7) is 1.17. The molecule has 1 aliphatic heterocycles. The molecule has 0 atom stereocenters. The van der Waals surface area contributed by atoms with E-state index in [1.807, 2.05) is 0 Å². The molecule has 3 rings (SSSR count). The Morgan fingerprint density at radius 2 is 1.85 bits per heavy atom. The van der Waals surface area contributed by atoms with Crippen molar-refractivity contribution in [2.24, 2.45) is 0 Å². The number of ether oxygens (including phenoxy) is 1. The first-order valence-corrected chi connectivity index (χ1v) is 10.1. The van der Waals surface area contributed by atoms with E-state index in [9.17, 15) is 18.3 Å². The van der Waals surface area contributed by atoms with Crippen LogP contribution >= 0.6 is 11.6 Å². The van der Waals surface area contributed by atoms with Gasteiger partial charge in [0.05, 0.1) is 34.4 Å². The fraction of sp³-hybridized carbons (Fsp3) is 0.278. The molecule has 0 radical (unpaired) electrons. The van der Waals surface area contributed by atoms with Crippen molar-refractivity contribution in [1.82, 2.24) is 4.31 Å². The van der Waals surface area contributed by atoms with Crippen molar-refractivity contribution in [3.05, 3.63) is 53.1 Å². The van der Waals surface area contributed by atoms with E-state index in [0.717, 1.165) is 0 Å². The number of hydrogen-bond donors (Lipinski definition) is 1. The number of rotatable bonds is 4. The van der Waals surface area contributed by atoms with Crippen molar-refractivity contribution in [2.45, 2.75) is 4.90 Å². The summed E-state index contributed by atoms with van der Waals surface area (Å²) in [6.07, 6.45) is 0. The molecule has 1 saturated heterocycles. The first-order chi connectivity index (χ1) is 12.8. The van der Waals surface area contributed by atoms with Gasteiger partial charge in [-0.1, -0.05) is 23.7 Å². The van der Waals surface area contributed by atoms with Crippen LogP contribution < -0.4 is 4.90 Å². The number of benzene rings is 2. The van der Waals surface area contributed by atoms with Crippen molar-refractivity contribution in [1.29, 1.82) is 0 Å². The number of carbonyl (C=O) groups excluding carboxylic acids is 1. The van der Waals surface area contributed by atoms with E-state index in [4.69, 9.17) is 16.3 Å². The van der Waals surface area contributed by atoms with E-state index in [0.29, 0.717) is 18.9 Å². The van der Waals surface area contributed by atoms with Crippen LogP contribution in [0.4, 0.5) is 5.69 Å². The molecule has 2 aromatic rings. The van der Waals surface area contributed by atoms with Gasteiger partial charge in [-0.2, -0.15) is 4.31 Å². The molecule has 7 nitrogen and oxygen atoms in total. The van der Waals surface area contributed by atoms with Crippen molar-refractivity contribution in [3.63, 3.8) is 0 Å². The number of phenolic OH excluding ortho intramolecular Hbond substituents is 1. The van der Waals surface area contributed by atoms with E-state index in [1.54, 1.807) is 18.2 Å². The molecule has 0 unspecified atom stereocenters. The third-order valence-corrected chi connectivity index (χ3v) is 6.55. The smallest absolute Gasteiger partial charge is 0.259 e. The van der Waals surface area contributed by atoms with E-state index >= 15 is 0 Å². The van der Waals surface area contributed by atoms with Crippen molar-refractivity contribution >= 4 is 33.2 Å². The highest BCUT2D eigenvalue weighted by Crippen LogP contribution is 2.29. The summed E-state index contributed by atoms with van der Waals surface area (Å²) in [5.74, 6) is -0.595. The van der Waals surface area contributed by atoms with Crippen LogP contribution in [0.15, 0.2) is 47.4 Å². The molecule has 1 aliphatic rings. The predicted octanol–water partition coefficient (Wildman–Crippen LogP) is 2.34. The highest BCUT2D eigenvalue weighted by Gasteiger charge is 2.28. The SMILES string of the molecule is CN(C(=O)c1cc(S(=O)(=O)N2CCOCC2)ccc1Cl)c1ccccc1O. The molecule has 2 aromatic carbocycles. The minimum atomic E-state index is -3.76. The van der Waals surface area contributed by atoms with Gasteiger partial charge >= 0.3 is 0 Å². The number of phenols is 1. The maximum atomic E-state index is 12.9. The number of para-hydroxylation sites is 2. The lowest BCUT2D eigenvalue weighted by Crippen LogP contribution is -2.40. The molecule has 9 heteroatoms. The van der Waals surface area contributed by atoms with Gasteiger partial charge in [-0.25, -0.2) is 8.42 Å². The van der Waals surface area contributed by atoms with Crippen LogP contribution in [0.2, 0.25) is 5.02 Å². The average molecular weight is 411 g/mol. The molecule has 1 heterocycles. The summed E-state index contributed by atoms with van der Waals surface area (Å²) in [7, 11) is -2.28. The highest BCUT2D eigenvalue weighted by atomic mass is 35.5. The van der Waals surface area contributed by atoms with Gasteiger partial charge in [0.1, 0.15) is 5.75 Å². The Morgan fingerprint density at radius 3 is 2.52 bits per heavy atom. The second kappa shape index (κ2) is 7.85. The zero-order valence-electron chi connectivity index (χ0n) is 14.6. The summed E-state index contributed by atoms with van der Waals surface area (Å²) < 4.78 is 32.2. The summed E-state index contributed by atoms with van der Waals surface area (Å²) in [5.41, 5.74) is 0.330. The summed E-state index contributed by atoms with van der Waals surface area (Å²) in [5, 5.41) is 10.1. The molecule has 27 heavy (non-hydrogen) atoms. The van der Waals surface area contributed by atoms with Crippen LogP contribution in [0, 0.1) is 0 Å². The van der Waals surface area contributed by atoms with Crippen molar-refractivity contribution < 1.29 is 23.1 Å². The van der Waals surface area contributed by atoms with Gasteiger partial charge in [-0.15, -0.1) is 0 Å². The normalized spacial score (nSPS) is 15.5. The standard InChI is InChI=1S/C18H19ClN2O5S/c1-20(16-4-2-3-5-17(16)22)18(23)14-12-13(6-7-15(14)19)27(24,25)21-8-10-26-11-9-21/h2-7,12,22H,8-11H2,1H3. The van der Waals surface area contributed by atoms with Crippen molar-refractivity contribution in [3.8, 4) is 5.75 Å². The first-order valence-electron chi connectivity index (χ1n) is 8.26. The summed E-state index contributed by atoms with van der Waals surface area (Å²) in [6, 6.07) is 10.4. The number of halogens is 1. The van der Waals surface area contributed by atoms with Gasteiger partial charge in [-0.3, -0.25) is 4.79 Å². The van der Waals surface area contributed by atoms with Crippen LogP contribution in [0.5, 0.6) is 5.75 Å². The fourth-order valence-electron chi connectivity index (χ4n) is 2.80. The predicted molar refractivity (Wildman–Crippen MR) is 102 cm³/mol. The van der Waals surface area contributed by atoms with Gasteiger partial charge in [0.25, 0.3) is 5.91 Å². The number of carbonyl (C=O) groups is 1. The number of sulfonamides is 1. The summed E-state index contributed by atoms with van der Waals surface area (Å²) in [4.78, 5) is 14.1. The second-order valence-electron chi connectivity index (χ2n) is 6.01. The van der Waals surface area contributed by atoms with Crippen LogP contribution in [-0.2, 0) is 14.8 Å². The van der Waals surface area contributed by atoms with Crippen LogP contribution in [0.25, 0.3) is 0 Å². The zero-order valence-corrected chi connectivity index (χ0v) is 16.2. The van der Waals surface area contributed by atoms with Crippen LogP contribution in [0.3, 0.4) is 0 Å². The van der Waals surface area contributed by atoms with E-state index in [-0.39, 0.29) is 34.3 Å².